The van der Waals surface area contributed by atoms with Gasteiger partial charge in [0.15, 0.2) is 11.5 Å². The van der Waals surface area contributed by atoms with Crippen molar-refractivity contribution < 1.29 is 13.9 Å². The zero-order valence-corrected chi connectivity index (χ0v) is 13.8. The van der Waals surface area contributed by atoms with Crippen molar-refractivity contribution >= 4 is 11.8 Å². The van der Waals surface area contributed by atoms with Gasteiger partial charge in [0.05, 0.1) is 5.56 Å². The molecule has 0 fully saturated rings. The van der Waals surface area contributed by atoms with Crippen LogP contribution in [0.1, 0.15) is 23.1 Å². The molecular formula is C17H12N4O3S. The zero-order valence-electron chi connectivity index (χ0n) is 13.0. The number of hydrogen-bond acceptors (Lipinski definition) is 8. The van der Waals surface area contributed by atoms with E-state index in [2.05, 4.69) is 21.3 Å². The summed E-state index contributed by atoms with van der Waals surface area (Å²) in [4.78, 5) is 4.03. The molecule has 25 heavy (non-hydrogen) atoms. The Morgan fingerprint density at radius 3 is 2.96 bits per heavy atom. The normalized spacial score (nSPS) is 15.6. The van der Waals surface area contributed by atoms with Crippen LogP contribution in [0, 0.1) is 11.3 Å². The second-order valence-corrected chi connectivity index (χ2v) is 6.18. The van der Waals surface area contributed by atoms with Crippen molar-refractivity contribution in [2.24, 2.45) is 0 Å². The lowest BCUT2D eigenvalue weighted by Gasteiger charge is -2.23. The Morgan fingerprint density at radius 1 is 1.20 bits per heavy atom. The van der Waals surface area contributed by atoms with Crippen LogP contribution in [0.15, 0.2) is 52.4 Å². The number of fused-ring (bicyclic) bond motifs is 1. The monoisotopic (exact) mass is 352 g/mol. The number of nitrogens with zero attached hydrogens (tertiary/aromatic N) is 4. The number of thioether (sulfide) groups is 1. The van der Waals surface area contributed by atoms with Crippen LogP contribution in [0.2, 0.25) is 0 Å². The molecule has 1 aliphatic rings. The second kappa shape index (κ2) is 6.83. The van der Waals surface area contributed by atoms with Crippen molar-refractivity contribution in [2.45, 2.75) is 17.1 Å². The lowest BCUT2D eigenvalue weighted by Crippen LogP contribution is -2.21. The second-order valence-electron chi connectivity index (χ2n) is 5.25. The first kappa shape index (κ1) is 15.5. The lowest BCUT2D eigenvalue weighted by molar-refractivity contribution is 0.0686. The molecule has 0 amide bonds. The minimum absolute atomic E-state index is 0.317. The molecule has 0 bridgehead atoms. The number of para-hydroxylation sites is 2. The van der Waals surface area contributed by atoms with Gasteiger partial charge >= 0.3 is 0 Å². The summed E-state index contributed by atoms with van der Waals surface area (Å²) in [6, 6.07) is 11.3. The predicted molar refractivity (Wildman–Crippen MR) is 88.1 cm³/mol. The number of pyridine rings is 1. The van der Waals surface area contributed by atoms with Gasteiger partial charge in [-0.2, -0.15) is 5.26 Å². The standard InChI is InChI=1S/C17H12N4O3S/c18-6-11-5-12(8-19-7-11)10-25-17-21-20-16(24-17)15-9-22-13-3-1-2-4-14(13)23-15/h1-5,7-8,15H,9-10H2. The van der Waals surface area contributed by atoms with E-state index in [1.807, 2.05) is 24.3 Å². The Labute approximate surface area is 147 Å². The van der Waals surface area contributed by atoms with Gasteiger partial charge in [-0.25, -0.2) is 0 Å². The molecule has 8 heteroatoms. The van der Waals surface area contributed by atoms with Gasteiger partial charge in [-0.1, -0.05) is 23.9 Å². The van der Waals surface area contributed by atoms with Crippen molar-refractivity contribution in [1.29, 1.82) is 5.26 Å². The molecule has 1 aromatic carbocycles. The molecule has 4 rings (SSSR count). The van der Waals surface area contributed by atoms with E-state index in [1.54, 1.807) is 12.3 Å². The number of hydrogen-bond donors (Lipinski definition) is 0. The minimum Gasteiger partial charge on any atom is -0.485 e. The van der Waals surface area contributed by atoms with Gasteiger partial charge in [-0.05, 0) is 23.8 Å². The Morgan fingerprint density at radius 2 is 2.08 bits per heavy atom. The van der Waals surface area contributed by atoms with Crippen LogP contribution in [0.25, 0.3) is 0 Å². The number of aromatic nitrogens is 3. The van der Waals surface area contributed by atoms with Gasteiger partial charge in [0.25, 0.3) is 11.1 Å². The van der Waals surface area contributed by atoms with E-state index in [0.717, 1.165) is 5.56 Å². The molecular weight excluding hydrogens is 340 g/mol. The summed E-state index contributed by atoms with van der Waals surface area (Å²) in [5, 5.41) is 17.4. The molecule has 2 aromatic heterocycles. The molecule has 1 aliphatic heterocycles. The van der Waals surface area contributed by atoms with Gasteiger partial charge in [0, 0.05) is 18.1 Å². The maximum absolute atomic E-state index is 8.90. The lowest BCUT2D eigenvalue weighted by atomic mass is 10.2. The van der Waals surface area contributed by atoms with Crippen LogP contribution >= 0.6 is 11.8 Å². The number of ether oxygens (including phenoxy) is 2. The molecule has 3 aromatic rings. The highest BCUT2D eigenvalue weighted by Crippen LogP contribution is 2.36. The quantitative estimate of drug-likeness (QED) is 0.661. The summed E-state index contributed by atoms with van der Waals surface area (Å²) in [5.74, 6) is 2.32. The van der Waals surface area contributed by atoms with E-state index in [4.69, 9.17) is 19.2 Å². The van der Waals surface area contributed by atoms with Crippen molar-refractivity contribution in [3.63, 3.8) is 0 Å². The average molecular weight is 352 g/mol. The highest BCUT2D eigenvalue weighted by molar-refractivity contribution is 7.98. The van der Waals surface area contributed by atoms with Crippen molar-refractivity contribution in [3.05, 3.63) is 59.7 Å². The fraction of sp³-hybridized carbons (Fsp3) is 0.176. The third-order valence-corrected chi connectivity index (χ3v) is 4.38. The average Bonchev–Trinajstić information content (AvgIpc) is 3.15. The molecule has 3 heterocycles. The third kappa shape index (κ3) is 3.41. The molecule has 0 spiro atoms. The molecule has 1 unspecified atom stereocenters. The minimum atomic E-state index is -0.430. The van der Waals surface area contributed by atoms with Gasteiger partial charge in [-0.15, -0.1) is 10.2 Å². The van der Waals surface area contributed by atoms with Gasteiger partial charge in [0.2, 0.25) is 6.10 Å². The van der Waals surface area contributed by atoms with E-state index in [0.29, 0.717) is 40.5 Å². The van der Waals surface area contributed by atoms with Crippen molar-refractivity contribution in [1.82, 2.24) is 15.2 Å². The first-order valence-corrected chi connectivity index (χ1v) is 8.49. The summed E-state index contributed by atoms with van der Waals surface area (Å²) in [6.45, 7) is 0.317. The summed E-state index contributed by atoms with van der Waals surface area (Å²) >= 11 is 1.38. The summed E-state index contributed by atoms with van der Waals surface area (Å²) in [6.07, 6.45) is 2.80. The maximum atomic E-state index is 8.90. The Bertz CT molecular complexity index is 937. The van der Waals surface area contributed by atoms with Crippen LogP contribution in [-0.4, -0.2) is 21.8 Å². The van der Waals surface area contributed by atoms with E-state index < -0.39 is 6.10 Å². The topological polar surface area (TPSA) is 94.1 Å². The van der Waals surface area contributed by atoms with Gasteiger partial charge < -0.3 is 13.9 Å². The van der Waals surface area contributed by atoms with Gasteiger partial charge in [0.1, 0.15) is 12.7 Å². The molecule has 0 aliphatic carbocycles. The molecule has 0 N–H and O–H groups in total. The Kier molecular flexibility index (Phi) is 4.23. The molecule has 0 saturated heterocycles. The van der Waals surface area contributed by atoms with Crippen molar-refractivity contribution in [3.8, 4) is 17.6 Å². The highest BCUT2D eigenvalue weighted by atomic mass is 32.2. The van der Waals surface area contributed by atoms with Crippen LogP contribution in [-0.2, 0) is 5.75 Å². The van der Waals surface area contributed by atoms with E-state index in [-0.39, 0.29) is 0 Å². The smallest absolute Gasteiger partial charge is 0.277 e. The third-order valence-electron chi connectivity index (χ3n) is 3.49. The van der Waals surface area contributed by atoms with E-state index in [9.17, 15) is 0 Å². The fourth-order valence-corrected chi connectivity index (χ4v) is 3.01. The van der Waals surface area contributed by atoms with Crippen LogP contribution < -0.4 is 9.47 Å². The summed E-state index contributed by atoms with van der Waals surface area (Å²) in [5.41, 5.74) is 1.44. The van der Waals surface area contributed by atoms with E-state index >= 15 is 0 Å². The van der Waals surface area contributed by atoms with Crippen molar-refractivity contribution in [2.75, 3.05) is 6.61 Å². The number of rotatable bonds is 4. The summed E-state index contributed by atoms with van der Waals surface area (Å²) < 4.78 is 17.2. The SMILES string of the molecule is N#Cc1cncc(CSc2nnc(C3COc4ccccc4O3)o2)c1. The Balaban J connectivity index is 1.42. The molecule has 0 saturated carbocycles. The largest absolute Gasteiger partial charge is 0.485 e. The Hall–Kier alpha value is -3.05. The molecule has 7 nitrogen and oxygen atoms in total. The van der Waals surface area contributed by atoms with Crippen LogP contribution in [0.3, 0.4) is 0 Å². The van der Waals surface area contributed by atoms with Gasteiger partial charge in [-0.3, -0.25) is 4.98 Å². The van der Waals surface area contributed by atoms with E-state index in [1.165, 1.54) is 18.0 Å². The first-order valence-electron chi connectivity index (χ1n) is 7.50. The fourth-order valence-electron chi connectivity index (χ4n) is 2.32. The highest BCUT2D eigenvalue weighted by Gasteiger charge is 2.27. The van der Waals surface area contributed by atoms with Crippen LogP contribution in [0.5, 0.6) is 11.5 Å². The first-order chi connectivity index (χ1) is 12.3. The molecule has 124 valence electrons. The number of benzene rings is 1. The summed E-state index contributed by atoms with van der Waals surface area (Å²) in [7, 11) is 0. The molecule has 1 atom stereocenters. The molecule has 0 radical (unpaired) electrons. The number of nitriles is 1. The predicted octanol–water partition coefficient (Wildman–Crippen LogP) is 3.14. The zero-order chi connectivity index (χ0) is 17.1. The van der Waals surface area contributed by atoms with Crippen LogP contribution in [0.4, 0.5) is 0 Å². The maximum Gasteiger partial charge on any atom is 0.277 e.